The molecule has 0 unspecified atom stereocenters. The molecular weight excluding hydrogens is 450 g/mol. The molecule has 32 heavy (non-hydrogen) atoms. The maximum Gasteiger partial charge on any atom is 0.309 e. The van der Waals surface area contributed by atoms with Gasteiger partial charge in [0, 0.05) is 32.6 Å². The van der Waals surface area contributed by atoms with Crippen molar-refractivity contribution in [3.05, 3.63) is 29.8 Å². The zero-order valence-electron chi connectivity index (χ0n) is 17.2. The van der Waals surface area contributed by atoms with Crippen LogP contribution in [-0.4, -0.2) is 80.9 Å². The molecule has 0 spiro atoms. The smallest absolute Gasteiger partial charge is 0.309 e. The average molecular weight is 474 g/mol. The molecule has 3 rings (SSSR count). The minimum Gasteiger partial charge on any atom is -0.359 e. The number of carbonyl (C=O) groups excluding carboxylic acids is 3. The van der Waals surface area contributed by atoms with Crippen molar-refractivity contribution < 1.29 is 36.3 Å². The molecule has 2 heterocycles. The fourth-order valence-corrected chi connectivity index (χ4v) is 5.08. The number of carbonyl (C=O) groups is 3. The van der Waals surface area contributed by atoms with E-state index in [1.54, 1.807) is 4.90 Å². The van der Waals surface area contributed by atoms with Gasteiger partial charge in [0.25, 0.3) is 0 Å². The molecule has 0 radical (unpaired) electrons. The number of nitrogens with one attached hydrogen (secondary N) is 2. The summed E-state index contributed by atoms with van der Waals surface area (Å²) in [5, 5.41) is 4.70. The third-order valence-electron chi connectivity index (χ3n) is 5.13. The number of hydrogen-bond donors (Lipinski definition) is 2. The predicted molar refractivity (Wildman–Crippen MR) is 106 cm³/mol. The van der Waals surface area contributed by atoms with Gasteiger partial charge in [-0.05, 0) is 31.0 Å². The van der Waals surface area contributed by atoms with Gasteiger partial charge in [-0.1, -0.05) is 0 Å². The molecule has 13 heteroatoms. The number of amides is 3. The molecule has 3 amide bonds. The zero-order chi connectivity index (χ0) is 23.3. The summed E-state index contributed by atoms with van der Waals surface area (Å²) in [6.07, 6.45) is 0.647. The highest BCUT2D eigenvalue weighted by atomic mass is 32.2. The summed E-state index contributed by atoms with van der Waals surface area (Å²) in [5.41, 5.74) is 0. The van der Waals surface area contributed by atoms with E-state index in [-0.39, 0.29) is 32.1 Å². The number of benzene rings is 1. The van der Waals surface area contributed by atoms with Gasteiger partial charge in [-0.3, -0.25) is 14.4 Å². The number of sulfonamides is 1. The first-order chi connectivity index (χ1) is 15.2. The minimum absolute atomic E-state index is 0.0158. The van der Waals surface area contributed by atoms with Gasteiger partial charge in [0.15, 0.2) is 0 Å². The number of likely N-dealkylation sites (tertiary alicyclic amines) is 1. The molecule has 1 atom stereocenters. The highest BCUT2D eigenvalue weighted by molar-refractivity contribution is 7.89. The molecular formula is C19H24F2N4O6S. The Morgan fingerprint density at radius 3 is 2.62 bits per heavy atom. The van der Waals surface area contributed by atoms with Crippen LogP contribution in [0.4, 0.5) is 8.78 Å². The first-order valence-corrected chi connectivity index (χ1v) is 11.6. The van der Waals surface area contributed by atoms with E-state index in [4.69, 9.17) is 4.74 Å². The van der Waals surface area contributed by atoms with Crippen LogP contribution in [0.3, 0.4) is 0 Å². The predicted octanol–water partition coefficient (Wildman–Crippen LogP) is -0.443. The third kappa shape index (κ3) is 5.58. The van der Waals surface area contributed by atoms with E-state index in [2.05, 4.69) is 10.6 Å². The summed E-state index contributed by atoms with van der Waals surface area (Å²) >= 11 is 0. The summed E-state index contributed by atoms with van der Waals surface area (Å²) < 4.78 is 58.9. The van der Waals surface area contributed by atoms with E-state index in [1.807, 2.05) is 0 Å². The number of ether oxygens (including phenoxy) is 1. The highest BCUT2D eigenvalue weighted by Crippen LogP contribution is 2.25. The van der Waals surface area contributed by atoms with Crippen molar-refractivity contribution in [2.45, 2.75) is 30.4 Å². The molecule has 1 aromatic rings. The maximum atomic E-state index is 14.0. The number of hydrogen-bond acceptors (Lipinski definition) is 6. The normalized spacial score (nSPS) is 19.4. The summed E-state index contributed by atoms with van der Waals surface area (Å²) in [5.74, 6) is -3.87. The molecule has 0 aliphatic carbocycles. The Morgan fingerprint density at radius 2 is 1.91 bits per heavy atom. The van der Waals surface area contributed by atoms with Crippen LogP contribution in [0.15, 0.2) is 23.1 Å². The van der Waals surface area contributed by atoms with Crippen molar-refractivity contribution in [1.82, 2.24) is 19.8 Å². The van der Waals surface area contributed by atoms with E-state index in [9.17, 15) is 31.6 Å². The Balaban J connectivity index is 1.48. The van der Waals surface area contributed by atoms with Crippen LogP contribution in [0.25, 0.3) is 0 Å². The van der Waals surface area contributed by atoms with Gasteiger partial charge in [-0.15, -0.1) is 0 Å². The third-order valence-corrected chi connectivity index (χ3v) is 7.03. The molecule has 1 aromatic carbocycles. The quantitative estimate of drug-likeness (QED) is 0.389. The first-order valence-electron chi connectivity index (χ1n) is 10.1. The summed E-state index contributed by atoms with van der Waals surface area (Å²) in [6, 6.07) is 2.08. The Kier molecular flexibility index (Phi) is 7.74. The van der Waals surface area contributed by atoms with Gasteiger partial charge >= 0.3 is 11.8 Å². The molecule has 176 valence electrons. The molecule has 2 aliphatic rings. The molecule has 2 saturated heterocycles. The van der Waals surface area contributed by atoms with Crippen molar-refractivity contribution in [2.24, 2.45) is 0 Å². The van der Waals surface area contributed by atoms with Gasteiger partial charge in [-0.2, -0.15) is 4.31 Å². The van der Waals surface area contributed by atoms with Crippen LogP contribution >= 0.6 is 0 Å². The van der Waals surface area contributed by atoms with Gasteiger partial charge < -0.3 is 20.3 Å². The zero-order valence-corrected chi connectivity index (χ0v) is 18.0. The maximum absolute atomic E-state index is 14.0. The Bertz CT molecular complexity index is 990. The topological polar surface area (TPSA) is 125 Å². The highest BCUT2D eigenvalue weighted by Gasteiger charge is 2.38. The summed E-state index contributed by atoms with van der Waals surface area (Å²) in [7, 11) is -4.43. The van der Waals surface area contributed by atoms with E-state index >= 15 is 0 Å². The number of halogens is 2. The second kappa shape index (κ2) is 10.3. The van der Waals surface area contributed by atoms with Gasteiger partial charge in [-0.25, -0.2) is 17.2 Å². The molecule has 2 N–H and O–H groups in total. The van der Waals surface area contributed by atoms with Gasteiger partial charge in [0.2, 0.25) is 15.9 Å². The lowest BCUT2D eigenvalue weighted by molar-refractivity contribution is -0.139. The standard InChI is InChI=1S/C19H24F2N4O6S/c20-13-4-5-14(21)15(11-13)32(29,30)25-9-10-31-17(25)12-23-19(28)18(27)22-6-2-8-24-7-1-3-16(24)26/h4-5,11,17H,1-3,6-10,12H2,(H,22,27)(H,23,28)/t17-/m1/s1. The Hall–Kier alpha value is -2.64. The lowest BCUT2D eigenvalue weighted by Crippen LogP contribution is -2.47. The van der Waals surface area contributed by atoms with Crippen LogP contribution in [0.2, 0.25) is 0 Å². The second-order valence-electron chi connectivity index (χ2n) is 7.32. The molecule has 0 bridgehead atoms. The van der Waals surface area contributed by atoms with Gasteiger partial charge in [0.05, 0.1) is 13.2 Å². The SMILES string of the molecule is O=C(NCCCN1CCCC1=O)C(=O)NC[C@H]1OCCN1S(=O)(=O)c1cc(F)ccc1F. The molecule has 0 aromatic heterocycles. The molecule has 2 aliphatic heterocycles. The summed E-state index contributed by atoms with van der Waals surface area (Å²) in [4.78, 5) is 36.3. The van der Waals surface area contributed by atoms with Crippen molar-refractivity contribution in [2.75, 3.05) is 39.3 Å². The van der Waals surface area contributed by atoms with Crippen molar-refractivity contribution in [3.63, 3.8) is 0 Å². The van der Waals surface area contributed by atoms with Crippen LogP contribution in [0.5, 0.6) is 0 Å². The van der Waals surface area contributed by atoms with Gasteiger partial charge in [0.1, 0.15) is 22.8 Å². The van der Waals surface area contributed by atoms with E-state index in [0.29, 0.717) is 38.1 Å². The molecule has 10 nitrogen and oxygen atoms in total. The minimum atomic E-state index is -4.43. The summed E-state index contributed by atoms with van der Waals surface area (Å²) in [6.45, 7) is 0.867. The van der Waals surface area contributed by atoms with Crippen LogP contribution in [-0.2, 0) is 29.1 Å². The fourth-order valence-electron chi connectivity index (χ4n) is 3.50. The monoisotopic (exact) mass is 474 g/mol. The van der Waals surface area contributed by atoms with Crippen LogP contribution in [0, 0.1) is 11.6 Å². The van der Waals surface area contributed by atoms with Crippen molar-refractivity contribution in [3.8, 4) is 0 Å². The Labute approximate surface area is 183 Å². The molecule has 0 saturated carbocycles. The van der Waals surface area contributed by atoms with E-state index in [0.717, 1.165) is 16.8 Å². The van der Waals surface area contributed by atoms with Crippen molar-refractivity contribution in [1.29, 1.82) is 0 Å². The number of nitrogens with zero attached hydrogens (tertiary/aromatic N) is 2. The molecule has 2 fully saturated rings. The Morgan fingerprint density at radius 1 is 1.16 bits per heavy atom. The van der Waals surface area contributed by atoms with E-state index < -0.39 is 44.6 Å². The average Bonchev–Trinajstić information content (AvgIpc) is 3.40. The largest absolute Gasteiger partial charge is 0.359 e. The van der Waals surface area contributed by atoms with Crippen molar-refractivity contribution >= 4 is 27.7 Å². The second-order valence-corrected chi connectivity index (χ2v) is 9.18. The first kappa shape index (κ1) is 24.0. The van der Waals surface area contributed by atoms with Crippen LogP contribution < -0.4 is 10.6 Å². The lowest BCUT2D eigenvalue weighted by atomic mass is 10.3. The van der Waals surface area contributed by atoms with E-state index in [1.165, 1.54) is 0 Å². The fraction of sp³-hybridized carbons (Fsp3) is 0.526. The van der Waals surface area contributed by atoms with Crippen LogP contribution in [0.1, 0.15) is 19.3 Å². The number of rotatable bonds is 8. The lowest BCUT2D eigenvalue weighted by Gasteiger charge is -2.23.